The number of ether oxygens (including phenoxy) is 3. The number of nitrogens with two attached hydrogens (primary N) is 2. The van der Waals surface area contributed by atoms with E-state index in [1.807, 2.05) is 0 Å². The maximum Gasteiger partial charge on any atom is 0.249 e. The smallest absolute Gasteiger partial charge is 0.249 e. The van der Waals surface area contributed by atoms with E-state index in [-0.39, 0.29) is 51.2 Å². The number of aliphatic hydroxyl groups is 1. The van der Waals surface area contributed by atoms with E-state index in [1.165, 1.54) is 44.7 Å². The zero-order chi connectivity index (χ0) is 23.9. The first-order valence-corrected chi connectivity index (χ1v) is 10.2. The van der Waals surface area contributed by atoms with Crippen molar-refractivity contribution in [3.05, 3.63) is 70.1 Å². The quantitative estimate of drug-likeness (QED) is 0.501. The van der Waals surface area contributed by atoms with E-state index in [0.29, 0.717) is 5.56 Å². The van der Waals surface area contributed by atoms with Crippen LogP contribution in [0.2, 0.25) is 5.02 Å². The summed E-state index contributed by atoms with van der Waals surface area (Å²) in [6.07, 6.45) is 0.101. The molecule has 1 amide bonds. The molecule has 0 aliphatic carbocycles. The molecule has 0 saturated carbocycles. The molecule has 0 spiro atoms. The van der Waals surface area contributed by atoms with Gasteiger partial charge >= 0.3 is 0 Å². The zero-order valence-corrected chi connectivity index (χ0v) is 18.5. The Balaban J connectivity index is 2.03. The van der Waals surface area contributed by atoms with Gasteiger partial charge in [0, 0.05) is 34.5 Å². The number of pyridine rings is 1. The Morgan fingerprint density at radius 2 is 2.00 bits per heavy atom. The lowest BCUT2D eigenvalue weighted by Gasteiger charge is -2.31. The minimum absolute atomic E-state index is 0.0463. The van der Waals surface area contributed by atoms with E-state index in [4.69, 9.17) is 37.3 Å². The summed E-state index contributed by atoms with van der Waals surface area (Å²) in [7, 11) is 2.72. The number of aliphatic hydroxyl groups excluding tert-OH is 1. The molecule has 5 N–H and O–H groups in total. The highest BCUT2D eigenvalue weighted by atomic mass is 35.5. The van der Waals surface area contributed by atoms with Crippen molar-refractivity contribution in [3.63, 3.8) is 0 Å². The lowest BCUT2D eigenvalue weighted by Crippen LogP contribution is -2.43. The van der Waals surface area contributed by atoms with E-state index in [0.717, 1.165) is 0 Å². The summed E-state index contributed by atoms with van der Waals surface area (Å²) in [4.78, 5) is 16.3. The Bertz CT molecular complexity index is 1260. The molecule has 0 unspecified atom stereocenters. The number of benzene rings is 2. The summed E-state index contributed by atoms with van der Waals surface area (Å²) in [6.45, 7) is -0.175. The molecule has 2 aromatic carbocycles. The van der Waals surface area contributed by atoms with Gasteiger partial charge in [-0.25, -0.2) is 9.37 Å². The molecule has 0 saturated heterocycles. The number of hydrogen-bond donors (Lipinski definition) is 3. The average Bonchev–Trinajstić information content (AvgIpc) is 3.11. The molecule has 33 heavy (non-hydrogen) atoms. The highest BCUT2D eigenvalue weighted by molar-refractivity contribution is 6.34. The highest BCUT2D eigenvalue weighted by Crippen LogP contribution is 2.55. The van der Waals surface area contributed by atoms with Gasteiger partial charge in [-0.15, -0.1) is 0 Å². The molecule has 0 radical (unpaired) electrons. The van der Waals surface area contributed by atoms with Crippen LogP contribution in [0.3, 0.4) is 0 Å². The summed E-state index contributed by atoms with van der Waals surface area (Å²) >= 11 is 6.50. The molecule has 1 aromatic heterocycles. The first-order chi connectivity index (χ1) is 15.8. The predicted octanol–water partition coefficient (Wildman–Crippen LogP) is 2.94. The van der Waals surface area contributed by atoms with Gasteiger partial charge in [-0.3, -0.25) is 4.79 Å². The molecular weight excluding hydrogens is 453 g/mol. The number of methoxy groups -OCH3 is 2. The molecule has 4 rings (SSSR count). The third-order valence-electron chi connectivity index (χ3n) is 5.73. The van der Waals surface area contributed by atoms with Crippen LogP contribution in [0.5, 0.6) is 17.4 Å². The molecule has 2 atom stereocenters. The predicted molar refractivity (Wildman–Crippen MR) is 119 cm³/mol. The number of nitrogens with zero attached hydrogens (tertiary/aromatic N) is 1. The average molecular weight is 474 g/mol. The first kappa shape index (κ1) is 22.8. The van der Waals surface area contributed by atoms with Crippen molar-refractivity contribution in [3.8, 4) is 28.5 Å². The third kappa shape index (κ3) is 3.36. The van der Waals surface area contributed by atoms with Gasteiger partial charge in [0.15, 0.2) is 17.2 Å². The van der Waals surface area contributed by atoms with Crippen LogP contribution in [0.4, 0.5) is 4.39 Å². The lowest BCUT2D eigenvalue weighted by molar-refractivity contribution is -0.0274. The van der Waals surface area contributed by atoms with Crippen LogP contribution in [0.25, 0.3) is 11.1 Å². The Morgan fingerprint density at radius 1 is 1.24 bits per heavy atom. The number of hydrogen-bond acceptors (Lipinski definition) is 7. The van der Waals surface area contributed by atoms with Gasteiger partial charge in [-0.1, -0.05) is 11.6 Å². The van der Waals surface area contributed by atoms with Gasteiger partial charge < -0.3 is 30.8 Å². The first-order valence-electron chi connectivity index (χ1n) is 9.86. The zero-order valence-electron chi connectivity index (χ0n) is 17.8. The van der Waals surface area contributed by atoms with E-state index in [9.17, 15) is 9.90 Å². The van der Waals surface area contributed by atoms with Gasteiger partial charge in [0.05, 0.1) is 25.3 Å². The molecule has 2 heterocycles. The standard InChI is InChI=1S/C23H21ClFN3O5/c1-31-15-7-5-11(21(27)30)16(19(15)25)17-13(24)6-8-14-18(17)20(29)23(10-26,33-14)12-4-3-9-28-22(12)32-2/h3-9,20,29H,10,26H2,1-2H3,(H2,27,30)/t20-,23+/m0/s1. The maximum absolute atomic E-state index is 15.5. The second-order valence-electron chi connectivity index (χ2n) is 7.36. The fourth-order valence-corrected chi connectivity index (χ4v) is 4.44. The number of carbonyl (C=O) groups excluding carboxylic acids is 1. The highest BCUT2D eigenvalue weighted by Gasteiger charge is 2.52. The van der Waals surface area contributed by atoms with Crippen LogP contribution in [0.15, 0.2) is 42.6 Å². The fourth-order valence-electron chi connectivity index (χ4n) is 4.18. The Morgan fingerprint density at radius 3 is 2.64 bits per heavy atom. The van der Waals surface area contributed by atoms with Gasteiger partial charge in [0.2, 0.25) is 11.8 Å². The second kappa shape index (κ2) is 8.51. The minimum Gasteiger partial charge on any atom is -0.494 e. The number of fused-ring (bicyclic) bond motifs is 1. The normalized spacial score (nSPS) is 19.0. The van der Waals surface area contributed by atoms with Gasteiger partial charge in [-0.2, -0.15) is 0 Å². The van der Waals surface area contributed by atoms with Crippen molar-refractivity contribution >= 4 is 17.5 Å². The van der Waals surface area contributed by atoms with Crippen molar-refractivity contribution in [2.45, 2.75) is 11.7 Å². The number of primary amides is 1. The summed E-state index contributed by atoms with van der Waals surface area (Å²) in [5, 5.41) is 11.6. The molecule has 1 aliphatic heterocycles. The van der Waals surface area contributed by atoms with Crippen LogP contribution in [-0.2, 0) is 5.60 Å². The van der Waals surface area contributed by atoms with Crippen LogP contribution >= 0.6 is 11.6 Å². The molecule has 8 nitrogen and oxygen atoms in total. The van der Waals surface area contributed by atoms with Crippen LogP contribution < -0.4 is 25.7 Å². The van der Waals surface area contributed by atoms with Crippen LogP contribution in [-0.4, -0.2) is 36.8 Å². The third-order valence-corrected chi connectivity index (χ3v) is 6.04. The van der Waals surface area contributed by atoms with Crippen molar-refractivity contribution < 1.29 is 28.5 Å². The topological polar surface area (TPSA) is 130 Å². The minimum atomic E-state index is -1.51. The van der Waals surface area contributed by atoms with Gasteiger partial charge in [0.25, 0.3) is 0 Å². The number of aromatic nitrogens is 1. The van der Waals surface area contributed by atoms with Crippen molar-refractivity contribution in [1.82, 2.24) is 4.98 Å². The van der Waals surface area contributed by atoms with E-state index in [1.54, 1.807) is 12.1 Å². The van der Waals surface area contributed by atoms with Gasteiger partial charge in [-0.05, 0) is 36.4 Å². The van der Waals surface area contributed by atoms with Crippen LogP contribution in [0.1, 0.15) is 27.6 Å². The molecular formula is C23H21ClFN3O5. The Kier molecular flexibility index (Phi) is 5.87. The molecule has 172 valence electrons. The van der Waals surface area contributed by atoms with E-state index < -0.39 is 23.4 Å². The van der Waals surface area contributed by atoms with E-state index in [2.05, 4.69) is 4.98 Å². The van der Waals surface area contributed by atoms with Crippen molar-refractivity contribution in [1.29, 1.82) is 0 Å². The monoisotopic (exact) mass is 473 g/mol. The summed E-state index contributed by atoms with van der Waals surface area (Å²) in [5.41, 5.74) is 10.4. The SMILES string of the molecule is COc1ccc(C(N)=O)c(-c2c(Cl)ccc3c2[C@H](O)[C@@](CN)(c2cccnc2OC)O3)c1F. The van der Waals surface area contributed by atoms with Crippen molar-refractivity contribution in [2.24, 2.45) is 11.5 Å². The van der Waals surface area contributed by atoms with Gasteiger partial charge in [0.1, 0.15) is 11.9 Å². The summed E-state index contributed by atoms with van der Waals surface area (Å²) in [6, 6.07) is 8.93. The Labute approximate surface area is 193 Å². The number of halogens is 2. The van der Waals surface area contributed by atoms with Crippen LogP contribution in [0, 0.1) is 5.82 Å². The number of rotatable bonds is 6. The molecule has 0 bridgehead atoms. The summed E-state index contributed by atoms with van der Waals surface area (Å²) in [5.74, 6) is -1.46. The molecule has 0 fully saturated rings. The van der Waals surface area contributed by atoms with E-state index >= 15 is 4.39 Å². The van der Waals surface area contributed by atoms with Crippen molar-refractivity contribution in [2.75, 3.05) is 20.8 Å². The second-order valence-corrected chi connectivity index (χ2v) is 7.77. The summed E-state index contributed by atoms with van der Waals surface area (Å²) < 4.78 is 32.1. The number of amides is 1. The molecule has 1 aliphatic rings. The lowest BCUT2D eigenvalue weighted by atomic mass is 9.83. The number of carbonyl (C=O) groups is 1. The molecule has 10 heteroatoms. The Hall–Kier alpha value is -3.40. The fraction of sp³-hybridized carbons (Fsp3) is 0.217. The largest absolute Gasteiger partial charge is 0.494 e. The molecule has 3 aromatic rings. The maximum atomic E-state index is 15.5.